The number of benzene rings is 1. The highest BCUT2D eigenvalue weighted by Gasteiger charge is 2.45. The second kappa shape index (κ2) is 4.82. The number of hydrogen-bond acceptors (Lipinski definition) is 2. The third-order valence-electron chi connectivity index (χ3n) is 4.46. The molecule has 0 aromatic heterocycles. The van der Waals surface area contributed by atoms with Crippen LogP contribution in [0.5, 0.6) is 5.75 Å². The van der Waals surface area contributed by atoms with E-state index in [2.05, 4.69) is 44.3 Å². The lowest BCUT2D eigenvalue weighted by atomic mass is 9.95. The van der Waals surface area contributed by atoms with E-state index in [-0.39, 0.29) is 0 Å². The number of aryl methyl sites for hydroxylation is 1. The molecule has 2 nitrogen and oxygen atoms in total. The van der Waals surface area contributed by atoms with Crippen molar-refractivity contribution in [3.63, 3.8) is 0 Å². The Labute approximate surface area is 116 Å². The van der Waals surface area contributed by atoms with Crippen molar-refractivity contribution in [3.05, 3.63) is 29.3 Å². The normalized spacial score (nSPS) is 23.3. The Morgan fingerprint density at radius 2 is 2.16 bits per heavy atom. The number of ether oxygens (including phenoxy) is 1. The molecule has 0 radical (unpaired) electrons. The highest BCUT2D eigenvalue weighted by atomic mass is 16.5. The lowest BCUT2D eigenvalue weighted by molar-refractivity contribution is 0.183. The van der Waals surface area contributed by atoms with Crippen LogP contribution in [0.2, 0.25) is 0 Å². The molecule has 3 rings (SSSR count). The average Bonchev–Trinajstić information content (AvgIpc) is 2.99. The van der Waals surface area contributed by atoms with E-state index in [0.29, 0.717) is 17.6 Å². The van der Waals surface area contributed by atoms with Gasteiger partial charge in [0.2, 0.25) is 0 Å². The lowest BCUT2D eigenvalue weighted by Crippen LogP contribution is -2.32. The molecule has 1 N–H and O–H groups in total. The highest BCUT2D eigenvalue weighted by molar-refractivity contribution is 5.40. The fraction of sp³-hybridized carbons (Fsp3) is 0.647. The molecular weight excluding hydrogens is 234 g/mol. The summed E-state index contributed by atoms with van der Waals surface area (Å²) in [4.78, 5) is 0. The van der Waals surface area contributed by atoms with Gasteiger partial charge in [0.05, 0.1) is 0 Å². The van der Waals surface area contributed by atoms with Gasteiger partial charge in [-0.15, -0.1) is 0 Å². The summed E-state index contributed by atoms with van der Waals surface area (Å²) in [6.45, 7) is 7.75. The summed E-state index contributed by atoms with van der Waals surface area (Å²) in [5.74, 6) is 1.11. The van der Waals surface area contributed by atoms with Crippen LogP contribution in [0.15, 0.2) is 18.2 Å². The molecule has 2 heteroatoms. The van der Waals surface area contributed by atoms with Gasteiger partial charge in [0, 0.05) is 19.0 Å². The molecule has 1 fully saturated rings. The Morgan fingerprint density at radius 1 is 1.37 bits per heavy atom. The van der Waals surface area contributed by atoms with Gasteiger partial charge in [-0.05, 0) is 43.2 Å². The molecule has 1 aliphatic carbocycles. The molecule has 1 aromatic carbocycles. The van der Waals surface area contributed by atoms with Crippen molar-refractivity contribution in [2.24, 2.45) is 5.41 Å². The fourth-order valence-electron chi connectivity index (χ4n) is 3.10. The molecule has 1 heterocycles. The minimum absolute atomic E-state index is 0.397. The number of fused-ring (bicyclic) bond motifs is 1. The SMILES string of the molecule is Cc1ccc2c(c1)CC(CC1(CNC(C)C)CC1)O2. The van der Waals surface area contributed by atoms with Gasteiger partial charge in [0.25, 0.3) is 0 Å². The summed E-state index contributed by atoms with van der Waals surface area (Å²) >= 11 is 0. The van der Waals surface area contributed by atoms with E-state index in [1.165, 1.54) is 30.4 Å². The first-order chi connectivity index (χ1) is 9.06. The maximum Gasteiger partial charge on any atom is 0.123 e. The summed E-state index contributed by atoms with van der Waals surface area (Å²) in [6.07, 6.45) is 5.43. The van der Waals surface area contributed by atoms with Crippen molar-refractivity contribution >= 4 is 0 Å². The third-order valence-corrected chi connectivity index (χ3v) is 4.46. The third kappa shape index (κ3) is 2.94. The molecule has 0 amide bonds. The summed E-state index contributed by atoms with van der Waals surface area (Å²) in [6, 6.07) is 7.15. The van der Waals surface area contributed by atoms with E-state index in [4.69, 9.17) is 4.74 Å². The van der Waals surface area contributed by atoms with E-state index in [0.717, 1.165) is 18.7 Å². The molecule has 19 heavy (non-hydrogen) atoms. The standard InChI is InChI=1S/C17H25NO/c1-12(2)18-11-17(6-7-17)10-15-9-14-8-13(3)4-5-16(14)19-15/h4-5,8,12,15,18H,6-7,9-11H2,1-3H3. The van der Waals surface area contributed by atoms with E-state index < -0.39 is 0 Å². The van der Waals surface area contributed by atoms with Crippen molar-refractivity contribution < 1.29 is 4.74 Å². The predicted octanol–water partition coefficient (Wildman–Crippen LogP) is 3.47. The molecule has 0 saturated heterocycles. The first kappa shape index (κ1) is 13.0. The van der Waals surface area contributed by atoms with Gasteiger partial charge in [-0.3, -0.25) is 0 Å². The van der Waals surface area contributed by atoms with Crippen molar-refractivity contribution in [2.75, 3.05) is 6.54 Å². The molecule has 1 aromatic rings. The van der Waals surface area contributed by atoms with Crippen LogP contribution < -0.4 is 10.1 Å². The maximum absolute atomic E-state index is 6.12. The zero-order chi connectivity index (χ0) is 13.5. The lowest BCUT2D eigenvalue weighted by Gasteiger charge is -2.21. The number of nitrogens with one attached hydrogen (secondary N) is 1. The van der Waals surface area contributed by atoms with Crippen LogP contribution in [-0.4, -0.2) is 18.7 Å². The van der Waals surface area contributed by atoms with E-state index in [9.17, 15) is 0 Å². The zero-order valence-corrected chi connectivity index (χ0v) is 12.3. The minimum Gasteiger partial charge on any atom is -0.490 e. The quantitative estimate of drug-likeness (QED) is 0.874. The van der Waals surface area contributed by atoms with E-state index in [1.807, 2.05) is 0 Å². The van der Waals surface area contributed by atoms with Gasteiger partial charge in [-0.25, -0.2) is 0 Å². The van der Waals surface area contributed by atoms with Gasteiger partial charge < -0.3 is 10.1 Å². The predicted molar refractivity (Wildman–Crippen MR) is 78.7 cm³/mol. The minimum atomic E-state index is 0.397. The largest absolute Gasteiger partial charge is 0.490 e. The zero-order valence-electron chi connectivity index (χ0n) is 12.3. The van der Waals surface area contributed by atoms with Gasteiger partial charge >= 0.3 is 0 Å². The van der Waals surface area contributed by atoms with Crippen molar-refractivity contribution in [3.8, 4) is 5.75 Å². The molecule has 1 unspecified atom stereocenters. The van der Waals surface area contributed by atoms with Crippen molar-refractivity contribution in [1.82, 2.24) is 5.32 Å². The molecule has 1 saturated carbocycles. The topological polar surface area (TPSA) is 21.3 Å². The van der Waals surface area contributed by atoms with E-state index >= 15 is 0 Å². The second-order valence-corrected chi connectivity index (χ2v) is 6.79. The van der Waals surface area contributed by atoms with Crippen LogP contribution in [0.3, 0.4) is 0 Å². The Kier molecular flexibility index (Phi) is 3.30. The Morgan fingerprint density at radius 3 is 2.84 bits per heavy atom. The monoisotopic (exact) mass is 259 g/mol. The van der Waals surface area contributed by atoms with Crippen LogP contribution in [0.1, 0.15) is 44.2 Å². The Hall–Kier alpha value is -1.02. The van der Waals surface area contributed by atoms with Crippen LogP contribution in [0, 0.1) is 12.3 Å². The molecule has 1 atom stereocenters. The second-order valence-electron chi connectivity index (χ2n) is 6.79. The van der Waals surface area contributed by atoms with Crippen LogP contribution in [-0.2, 0) is 6.42 Å². The van der Waals surface area contributed by atoms with Gasteiger partial charge in [-0.1, -0.05) is 31.5 Å². The molecule has 1 aliphatic heterocycles. The van der Waals surface area contributed by atoms with E-state index in [1.54, 1.807) is 0 Å². The maximum atomic E-state index is 6.12. The van der Waals surface area contributed by atoms with Crippen LogP contribution >= 0.6 is 0 Å². The molecular formula is C17H25NO. The Bertz CT molecular complexity index is 462. The van der Waals surface area contributed by atoms with Gasteiger partial charge in [0.1, 0.15) is 11.9 Å². The van der Waals surface area contributed by atoms with Crippen LogP contribution in [0.25, 0.3) is 0 Å². The summed E-state index contributed by atoms with van der Waals surface area (Å²) in [7, 11) is 0. The molecule has 104 valence electrons. The average molecular weight is 259 g/mol. The molecule has 0 spiro atoms. The first-order valence-electron chi connectivity index (χ1n) is 7.56. The van der Waals surface area contributed by atoms with Crippen LogP contribution in [0.4, 0.5) is 0 Å². The fourth-order valence-corrected chi connectivity index (χ4v) is 3.10. The highest BCUT2D eigenvalue weighted by Crippen LogP contribution is 2.50. The Balaban J connectivity index is 1.58. The summed E-state index contributed by atoms with van der Waals surface area (Å²) in [5.41, 5.74) is 3.26. The molecule has 0 bridgehead atoms. The number of rotatable bonds is 5. The summed E-state index contributed by atoms with van der Waals surface area (Å²) < 4.78 is 6.12. The van der Waals surface area contributed by atoms with Crippen molar-refractivity contribution in [1.29, 1.82) is 0 Å². The smallest absolute Gasteiger partial charge is 0.123 e. The first-order valence-corrected chi connectivity index (χ1v) is 7.56. The number of hydrogen-bond donors (Lipinski definition) is 1. The summed E-state index contributed by atoms with van der Waals surface area (Å²) in [5, 5.41) is 3.60. The molecule has 2 aliphatic rings. The van der Waals surface area contributed by atoms with Gasteiger partial charge in [0.15, 0.2) is 0 Å². The van der Waals surface area contributed by atoms with Crippen molar-refractivity contribution in [2.45, 2.75) is 58.6 Å². The van der Waals surface area contributed by atoms with Gasteiger partial charge in [-0.2, -0.15) is 0 Å².